The number of amides is 1. The average Bonchev–Trinajstić information content (AvgIpc) is 3.03. The number of anilines is 1. The molecule has 9 heteroatoms. The minimum atomic E-state index is -0.900. The first-order valence-electron chi connectivity index (χ1n) is 8.28. The lowest BCUT2D eigenvalue weighted by Gasteiger charge is -2.07. The van der Waals surface area contributed by atoms with Crippen molar-refractivity contribution < 1.29 is 18.3 Å². The van der Waals surface area contributed by atoms with Crippen molar-refractivity contribution in [2.24, 2.45) is 0 Å². The molecule has 3 aromatic carbocycles. The fourth-order valence-electron chi connectivity index (χ4n) is 2.77. The molecule has 0 bridgehead atoms. The van der Waals surface area contributed by atoms with E-state index in [-0.39, 0.29) is 11.4 Å². The number of carbonyl (C=O) groups is 1. The summed E-state index contributed by atoms with van der Waals surface area (Å²) in [5.74, 6) is -0.963. The van der Waals surface area contributed by atoms with Crippen LogP contribution in [-0.4, -0.2) is 16.1 Å². The second-order valence-electron chi connectivity index (χ2n) is 6.03. The van der Waals surface area contributed by atoms with Crippen molar-refractivity contribution in [1.29, 1.82) is 0 Å². The molecule has 1 aromatic heterocycles. The predicted molar refractivity (Wildman–Crippen MR) is 108 cm³/mol. The highest BCUT2D eigenvalue weighted by atomic mass is 35.5. The highest BCUT2D eigenvalue weighted by Crippen LogP contribution is 2.34. The standard InChI is InChI=1S/C20H11Cl2F2N3O2/c21-14-2-1-3-15(22)18(14)19-26-16-5-4-13(9-17(16)27-19)29-20(28)25-12-7-10(23)6-11(24)8-12/h1-9H,(H,25,28)(H,26,27). The van der Waals surface area contributed by atoms with Crippen LogP contribution < -0.4 is 10.1 Å². The van der Waals surface area contributed by atoms with Gasteiger partial charge in [0.15, 0.2) is 0 Å². The van der Waals surface area contributed by atoms with E-state index in [4.69, 9.17) is 27.9 Å². The summed E-state index contributed by atoms with van der Waals surface area (Å²) in [7, 11) is 0. The van der Waals surface area contributed by atoms with E-state index in [2.05, 4.69) is 15.3 Å². The molecule has 0 saturated carbocycles. The fraction of sp³-hybridized carbons (Fsp3) is 0. The molecule has 0 radical (unpaired) electrons. The Labute approximate surface area is 173 Å². The molecule has 1 amide bonds. The van der Waals surface area contributed by atoms with Crippen molar-refractivity contribution in [2.45, 2.75) is 0 Å². The molecule has 0 aliphatic rings. The molecule has 0 aliphatic heterocycles. The molecule has 4 rings (SSSR count). The van der Waals surface area contributed by atoms with E-state index >= 15 is 0 Å². The van der Waals surface area contributed by atoms with E-state index in [1.54, 1.807) is 30.3 Å². The molecular weight excluding hydrogens is 423 g/mol. The number of carbonyl (C=O) groups excluding carboxylic acids is 1. The van der Waals surface area contributed by atoms with Gasteiger partial charge in [-0.1, -0.05) is 29.3 Å². The monoisotopic (exact) mass is 433 g/mol. The normalized spacial score (nSPS) is 10.9. The van der Waals surface area contributed by atoms with Crippen molar-refractivity contribution in [2.75, 3.05) is 5.32 Å². The van der Waals surface area contributed by atoms with E-state index in [9.17, 15) is 13.6 Å². The second kappa shape index (κ2) is 7.69. The maximum Gasteiger partial charge on any atom is 0.417 e. The molecule has 0 unspecified atom stereocenters. The van der Waals surface area contributed by atoms with Gasteiger partial charge in [0.25, 0.3) is 0 Å². The van der Waals surface area contributed by atoms with E-state index in [0.29, 0.717) is 38.5 Å². The number of ether oxygens (including phenoxy) is 1. The number of aromatic nitrogens is 2. The first kappa shape index (κ1) is 19.2. The highest BCUT2D eigenvalue weighted by Gasteiger charge is 2.14. The highest BCUT2D eigenvalue weighted by molar-refractivity contribution is 6.39. The summed E-state index contributed by atoms with van der Waals surface area (Å²) in [5, 5.41) is 3.14. The van der Waals surface area contributed by atoms with Crippen molar-refractivity contribution in [3.63, 3.8) is 0 Å². The van der Waals surface area contributed by atoms with Gasteiger partial charge in [-0.15, -0.1) is 0 Å². The molecule has 2 N–H and O–H groups in total. The fourth-order valence-corrected chi connectivity index (χ4v) is 3.35. The zero-order valence-corrected chi connectivity index (χ0v) is 16.0. The molecule has 5 nitrogen and oxygen atoms in total. The van der Waals surface area contributed by atoms with Crippen LogP contribution in [0.25, 0.3) is 22.4 Å². The number of rotatable bonds is 3. The van der Waals surface area contributed by atoms with Gasteiger partial charge in [0.2, 0.25) is 0 Å². The summed E-state index contributed by atoms with van der Waals surface area (Å²) in [6, 6.07) is 12.5. The lowest BCUT2D eigenvalue weighted by Crippen LogP contribution is -2.16. The largest absolute Gasteiger partial charge is 0.417 e. The maximum absolute atomic E-state index is 13.2. The molecule has 1 heterocycles. The molecule has 146 valence electrons. The van der Waals surface area contributed by atoms with Gasteiger partial charge in [0.05, 0.1) is 26.6 Å². The van der Waals surface area contributed by atoms with Gasteiger partial charge >= 0.3 is 6.09 Å². The van der Waals surface area contributed by atoms with E-state index in [0.717, 1.165) is 12.1 Å². The number of hydrogen-bond acceptors (Lipinski definition) is 3. The summed E-state index contributed by atoms with van der Waals surface area (Å²) in [6.07, 6.45) is -0.900. The van der Waals surface area contributed by atoms with Gasteiger partial charge in [-0.25, -0.2) is 18.6 Å². The third-order valence-electron chi connectivity index (χ3n) is 3.97. The summed E-state index contributed by atoms with van der Waals surface area (Å²) in [4.78, 5) is 19.5. The van der Waals surface area contributed by atoms with Crippen LogP contribution in [0.2, 0.25) is 10.0 Å². The molecule has 0 fully saturated rings. The van der Waals surface area contributed by atoms with Gasteiger partial charge in [-0.2, -0.15) is 0 Å². The Morgan fingerprint density at radius 1 is 1.00 bits per heavy atom. The Morgan fingerprint density at radius 3 is 2.38 bits per heavy atom. The van der Waals surface area contributed by atoms with Crippen molar-refractivity contribution in [3.8, 4) is 17.1 Å². The molecule has 0 saturated heterocycles. The van der Waals surface area contributed by atoms with E-state index in [1.807, 2.05) is 0 Å². The third-order valence-corrected chi connectivity index (χ3v) is 4.60. The number of benzene rings is 3. The topological polar surface area (TPSA) is 67.0 Å². The predicted octanol–water partition coefficient (Wildman–Crippen LogP) is 6.43. The molecule has 0 atom stereocenters. The van der Waals surface area contributed by atoms with E-state index in [1.165, 1.54) is 6.07 Å². The minimum absolute atomic E-state index is 0.0641. The maximum atomic E-state index is 13.2. The van der Waals surface area contributed by atoms with Gasteiger partial charge in [-0.3, -0.25) is 5.32 Å². The summed E-state index contributed by atoms with van der Waals surface area (Å²) in [6.45, 7) is 0. The third kappa shape index (κ3) is 4.16. The zero-order valence-electron chi connectivity index (χ0n) is 14.5. The number of fused-ring (bicyclic) bond motifs is 1. The number of nitrogens with zero attached hydrogens (tertiary/aromatic N) is 1. The van der Waals surface area contributed by atoms with Crippen LogP contribution in [0.4, 0.5) is 19.3 Å². The molecule has 4 aromatic rings. The lowest BCUT2D eigenvalue weighted by atomic mass is 10.2. The second-order valence-corrected chi connectivity index (χ2v) is 6.85. The Kier molecular flexibility index (Phi) is 5.08. The quantitative estimate of drug-likeness (QED) is 0.391. The number of nitrogens with one attached hydrogen (secondary N) is 2. The Balaban J connectivity index is 1.57. The SMILES string of the molecule is O=C(Nc1cc(F)cc(F)c1)Oc1ccc2nc(-c3c(Cl)cccc3Cl)[nH]c2c1. The molecule has 0 aliphatic carbocycles. The summed E-state index contributed by atoms with van der Waals surface area (Å²) < 4.78 is 31.6. The zero-order chi connectivity index (χ0) is 20.5. The van der Waals surface area contributed by atoms with Crippen LogP contribution in [-0.2, 0) is 0 Å². The molecule has 0 spiro atoms. The summed E-state index contributed by atoms with van der Waals surface area (Å²) in [5.41, 5.74) is 1.68. The van der Waals surface area contributed by atoms with Gasteiger partial charge < -0.3 is 9.72 Å². The first-order valence-corrected chi connectivity index (χ1v) is 9.04. The molecular formula is C20H11Cl2F2N3O2. The Bertz CT molecular complexity index is 1200. The number of H-pyrrole nitrogens is 1. The van der Waals surface area contributed by atoms with Crippen LogP contribution in [0.1, 0.15) is 0 Å². The number of hydrogen-bond donors (Lipinski definition) is 2. The smallest absolute Gasteiger partial charge is 0.410 e. The van der Waals surface area contributed by atoms with Crippen LogP contribution in [0.3, 0.4) is 0 Å². The van der Waals surface area contributed by atoms with Gasteiger partial charge in [0, 0.05) is 17.8 Å². The summed E-state index contributed by atoms with van der Waals surface area (Å²) >= 11 is 12.4. The lowest BCUT2D eigenvalue weighted by molar-refractivity contribution is 0.215. The van der Waals surface area contributed by atoms with Crippen LogP contribution in [0.15, 0.2) is 54.6 Å². The Hall–Kier alpha value is -3.16. The van der Waals surface area contributed by atoms with Crippen molar-refractivity contribution >= 4 is 46.0 Å². The van der Waals surface area contributed by atoms with Crippen LogP contribution >= 0.6 is 23.2 Å². The van der Waals surface area contributed by atoms with Crippen LogP contribution in [0.5, 0.6) is 5.75 Å². The van der Waals surface area contributed by atoms with Gasteiger partial charge in [0.1, 0.15) is 23.2 Å². The number of imidazole rings is 1. The molecule has 29 heavy (non-hydrogen) atoms. The van der Waals surface area contributed by atoms with E-state index < -0.39 is 17.7 Å². The minimum Gasteiger partial charge on any atom is -0.410 e. The first-order chi connectivity index (χ1) is 13.9. The van der Waals surface area contributed by atoms with Gasteiger partial charge in [-0.05, 0) is 36.4 Å². The number of aromatic amines is 1. The van der Waals surface area contributed by atoms with Crippen LogP contribution in [0, 0.1) is 11.6 Å². The number of halogens is 4. The van der Waals surface area contributed by atoms with Crippen molar-refractivity contribution in [1.82, 2.24) is 9.97 Å². The average molecular weight is 434 g/mol. The Morgan fingerprint density at radius 2 is 1.69 bits per heavy atom. The van der Waals surface area contributed by atoms with Crippen molar-refractivity contribution in [3.05, 3.63) is 76.3 Å².